The molecule has 1 atom stereocenters. The number of rotatable bonds is 1. The van der Waals surface area contributed by atoms with Gasteiger partial charge < -0.3 is 4.74 Å². The van der Waals surface area contributed by atoms with Crippen LogP contribution in [0.5, 0.6) is 0 Å². The summed E-state index contributed by atoms with van der Waals surface area (Å²) in [6.45, 7) is 2.64. The van der Waals surface area contributed by atoms with Crippen molar-refractivity contribution in [3.8, 4) is 0 Å². The summed E-state index contributed by atoms with van der Waals surface area (Å²) >= 11 is 0. The first-order valence-electron chi connectivity index (χ1n) is 5.26. The molecule has 2 aromatic rings. The van der Waals surface area contributed by atoms with Gasteiger partial charge in [-0.1, -0.05) is 12.1 Å². The van der Waals surface area contributed by atoms with Gasteiger partial charge in [0.2, 0.25) is 5.90 Å². The van der Waals surface area contributed by atoms with Crippen LogP contribution in [0.4, 0.5) is 0 Å². The van der Waals surface area contributed by atoms with Crippen LogP contribution in [0.15, 0.2) is 35.5 Å². The zero-order valence-electron chi connectivity index (χ0n) is 8.92. The van der Waals surface area contributed by atoms with Gasteiger partial charge in [0.1, 0.15) is 12.3 Å². The number of hydrogen-bond acceptors (Lipinski definition) is 4. The molecule has 16 heavy (non-hydrogen) atoms. The van der Waals surface area contributed by atoms with Crippen LogP contribution in [0.2, 0.25) is 0 Å². The highest BCUT2D eigenvalue weighted by Gasteiger charge is 2.17. The summed E-state index contributed by atoms with van der Waals surface area (Å²) in [6.07, 6.45) is 1.71. The first-order chi connectivity index (χ1) is 7.83. The van der Waals surface area contributed by atoms with Crippen molar-refractivity contribution in [2.45, 2.75) is 13.0 Å². The summed E-state index contributed by atoms with van der Waals surface area (Å²) in [5.74, 6) is 0.603. The third kappa shape index (κ3) is 1.52. The molecule has 0 unspecified atom stereocenters. The van der Waals surface area contributed by atoms with Crippen LogP contribution in [-0.2, 0) is 4.74 Å². The number of benzene rings is 1. The zero-order valence-corrected chi connectivity index (χ0v) is 8.92. The molecule has 0 spiro atoms. The van der Waals surface area contributed by atoms with E-state index in [1.165, 1.54) is 0 Å². The third-order valence-electron chi connectivity index (χ3n) is 2.47. The van der Waals surface area contributed by atoms with Gasteiger partial charge in [0.25, 0.3) is 0 Å². The van der Waals surface area contributed by atoms with Gasteiger partial charge in [0, 0.05) is 0 Å². The van der Waals surface area contributed by atoms with Crippen molar-refractivity contribution in [3.63, 3.8) is 0 Å². The molecule has 80 valence electrons. The molecule has 4 nitrogen and oxygen atoms in total. The lowest BCUT2D eigenvalue weighted by Crippen LogP contribution is -2.05. The quantitative estimate of drug-likeness (QED) is 0.725. The van der Waals surface area contributed by atoms with Gasteiger partial charge in [-0.15, -0.1) is 0 Å². The van der Waals surface area contributed by atoms with Gasteiger partial charge in [-0.25, -0.2) is 9.98 Å². The fourth-order valence-corrected chi connectivity index (χ4v) is 1.67. The van der Waals surface area contributed by atoms with Gasteiger partial charge in [0.15, 0.2) is 0 Å². The van der Waals surface area contributed by atoms with E-state index in [0.29, 0.717) is 18.2 Å². The van der Waals surface area contributed by atoms with Crippen molar-refractivity contribution in [2.24, 2.45) is 4.99 Å². The molecular weight excluding hydrogens is 202 g/mol. The second-order valence-corrected chi connectivity index (χ2v) is 3.84. The third-order valence-corrected chi connectivity index (χ3v) is 2.47. The lowest BCUT2D eigenvalue weighted by atomic mass is 10.3. The van der Waals surface area contributed by atoms with E-state index in [0.717, 1.165) is 11.0 Å². The second kappa shape index (κ2) is 3.56. The number of aliphatic imine (C=N–C) groups is 1. The molecule has 0 aliphatic carbocycles. The first-order valence-corrected chi connectivity index (χ1v) is 5.26. The van der Waals surface area contributed by atoms with Crippen LogP contribution in [0, 0.1) is 0 Å². The minimum absolute atomic E-state index is 0.211. The molecule has 1 aromatic heterocycles. The number of para-hydroxylation sites is 2. The molecule has 4 heteroatoms. The van der Waals surface area contributed by atoms with E-state index in [-0.39, 0.29) is 6.04 Å². The molecular formula is C12H11N3O. The lowest BCUT2D eigenvalue weighted by molar-refractivity contribution is 0.323. The number of ether oxygens (including phenoxy) is 1. The van der Waals surface area contributed by atoms with Gasteiger partial charge in [-0.05, 0) is 19.1 Å². The number of aromatic nitrogens is 2. The molecule has 0 N–H and O–H groups in total. The maximum Gasteiger partial charge on any atom is 0.237 e. The Morgan fingerprint density at radius 3 is 2.81 bits per heavy atom. The highest BCUT2D eigenvalue weighted by atomic mass is 16.5. The van der Waals surface area contributed by atoms with Crippen LogP contribution in [0.1, 0.15) is 12.6 Å². The molecule has 1 aromatic carbocycles. The normalized spacial score (nSPS) is 19.6. The molecule has 0 saturated heterocycles. The number of nitrogens with zero attached hydrogens (tertiary/aromatic N) is 3. The summed E-state index contributed by atoms with van der Waals surface area (Å²) in [4.78, 5) is 13.2. The van der Waals surface area contributed by atoms with Crippen LogP contribution < -0.4 is 0 Å². The summed E-state index contributed by atoms with van der Waals surface area (Å²) in [5, 5.41) is 0. The zero-order chi connectivity index (χ0) is 11.0. The molecule has 0 radical (unpaired) electrons. The summed E-state index contributed by atoms with van der Waals surface area (Å²) in [7, 11) is 0. The van der Waals surface area contributed by atoms with Crippen LogP contribution >= 0.6 is 0 Å². The molecule has 0 saturated carbocycles. The standard InChI is InChI=1S/C12H11N3O/c1-8-7-16-12(14-8)11-6-13-9-4-2-3-5-10(9)15-11/h2-6,8H,7H2,1H3/t8-/m0/s1. The minimum atomic E-state index is 0.211. The van der Waals surface area contributed by atoms with E-state index in [1.807, 2.05) is 31.2 Å². The monoisotopic (exact) mass is 213 g/mol. The van der Waals surface area contributed by atoms with Crippen molar-refractivity contribution < 1.29 is 4.74 Å². The Bertz CT molecular complexity index is 565. The van der Waals surface area contributed by atoms with Crippen molar-refractivity contribution >= 4 is 16.9 Å². The predicted octanol–water partition coefficient (Wildman–Crippen LogP) is 1.80. The van der Waals surface area contributed by atoms with E-state index in [2.05, 4.69) is 15.0 Å². The van der Waals surface area contributed by atoms with Gasteiger partial charge in [-0.2, -0.15) is 0 Å². The number of fused-ring (bicyclic) bond motifs is 1. The van der Waals surface area contributed by atoms with E-state index in [1.54, 1.807) is 6.20 Å². The molecule has 1 aliphatic rings. The molecule has 0 amide bonds. The lowest BCUT2D eigenvalue weighted by Gasteiger charge is -2.01. The van der Waals surface area contributed by atoms with E-state index in [4.69, 9.17) is 4.74 Å². The molecule has 0 fully saturated rings. The van der Waals surface area contributed by atoms with E-state index >= 15 is 0 Å². The predicted molar refractivity (Wildman–Crippen MR) is 61.5 cm³/mol. The average molecular weight is 213 g/mol. The Labute approximate surface area is 93.0 Å². The van der Waals surface area contributed by atoms with Crippen molar-refractivity contribution in [3.05, 3.63) is 36.2 Å². The van der Waals surface area contributed by atoms with Gasteiger partial charge in [0.05, 0.1) is 23.3 Å². The SMILES string of the molecule is C[C@H]1COC(c2cnc3ccccc3n2)=N1. The van der Waals surface area contributed by atoms with Gasteiger partial charge in [-0.3, -0.25) is 4.98 Å². The smallest absolute Gasteiger partial charge is 0.237 e. The Morgan fingerprint density at radius 2 is 2.06 bits per heavy atom. The van der Waals surface area contributed by atoms with Gasteiger partial charge >= 0.3 is 0 Å². The Morgan fingerprint density at radius 1 is 1.25 bits per heavy atom. The fraction of sp³-hybridized carbons (Fsp3) is 0.250. The Kier molecular flexibility index (Phi) is 2.06. The summed E-state index contributed by atoms with van der Waals surface area (Å²) in [5.41, 5.74) is 2.46. The highest BCUT2D eigenvalue weighted by Crippen LogP contribution is 2.13. The summed E-state index contributed by atoms with van der Waals surface area (Å²) < 4.78 is 5.45. The Balaban J connectivity index is 2.09. The molecule has 3 rings (SSSR count). The summed E-state index contributed by atoms with van der Waals surface area (Å²) in [6, 6.07) is 7.98. The van der Waals surface area contributed by atoms with Crippen molar-refractivity contribution in [1.82, 2.24) is 9.97 Å². The van der Waals surface area contributed by atoms with E-state index < -0.39 is 0 Å². The highest BCUT2D eigenvalue weighted by molar-refractivity contribution is 5.94. The van der Waals surface area contributed by atoms with Crippen LogP contribution in [0.3, 0.4) is 0 Å². The topological polar surface area (TPSA) is 47.4 Å². The molecule has 1 aliphatic heterocycles. The largest absolute Gasteiger partial charge is 0.474 e. The molecule has 2 heterocycles. The maximum absolute atomic E-state index is 5.45. The fourth-order valence-electron chi connectivity index (χ4n) is 1.67. The van der Waals surface area contributed by atoms with E-state index in [9.17, 15) is 0 Å². The maximum atomic E-state index is 5.45. The van der Waals surface area contributed by atoms with Crippen LogP contribution in [-0.4, -0.2) is 28.5 Å². The van der Waals surface area contributed by atoms with Crippen molar-refractivity contribution in [1.29, 1.82) is 0 Å². The molecule has 0 bridgehead atoms. The minimum Gasteiger partial charge on any atom is -0.474 e. The average Bonchev–Trinajstić information content (AvgIpc) is 2.75. The first kappa shape index (κ1) is 9.27. The number of hydrogen-bond donors (Lipinski definition) is 0. The second-order valence-electron chi connectivity index (χ2n) is 3.84. The Hall–Kier alpha value is -1.97. The van der Waals surface area contributed by atoms with Crippen LogP contribution in [0.25, 0.3) is 11.0 Å². The van der Waals surface area contributed by atoms with Crippen molar-refractivity contribution in [2.75, 3.05) is 6.61 Å².